The number of nitrogens with zero attached hydrogens (tertiary/aromatic N) is 3. The van der Waals surface area contributed by atoms with Gasteiger partial charge < -0.3 is 9.72 Å². The maximum Gasteiger partial charge on any atom is 0.143 e. The van der Waals surface area contributed by atoms with Crippen molar-refractivity contribution in [1.82, 2.24) is 15.0 Å². The Hall–Kier alpha value is -4.51. The van der Waals surface area contributed by atoms with Crippen molar-refractivity contribution < 1.29 is 4.74 Å². The molecule has 7 rings (SSSR count). The van der Waals surface area contributed by atoms with E-state index < -0.39 is 0 Å². The predicted molar refractivity (Wildman–Crippen MR) is 136 cm³/mol. The van der Waals surface area contributed by atoms with E-state index in [1.165, 1.54) is 5.56 Å². The Kier molecular flexibility index (Phi) is 4.21. The summed E-state index contributed by atoms with van der Waals surface area (Å²) in [7, 11) is 0. The molecule has 34 heavy (non-hydrogen) atoms. The third-order valence-electron chi connectivity index (χ3n) is 6.52. The van der Waals surface area contributed by atoms with E-state index in [-0.39, 0.29) is 0 Å². The van der Waals surface area contributed by atoms with Crippen LogP contribution in [0.5, 0.6) is 5.75 Å². The second-order valence-corrected chi connectivity index (χ2v) is 8.52. The Balaban J connectivity index is 1.32. The summed E-state index contributed by atoms with van der Waals surface area (Å²) in [4.78, 5) is 17.8. The average molecular weight is 441 g/mol. The molecule has 0 unspecified atom stereocenters. The Labute approximate surface area is 195 Å². The van der Waals surface area contributed by atoms with Gasteiger partial charge in [0.25, 0.3) is 0 Å². The molecule has 162 valence electrons. The number of aromatic nitrogens is 3. The summed E-state index contributed by atoms with van der Waals surface area (Å²) >= 11 is 0. The first-order valence-corrected chi connectivity index (χ1v) is 11.4. The number of H-pyrrole nitrogens is 1. The van der Waals surface area contributed by atoms with Crippen molar-refractivity contribution in [1.29, 1.82) is 0 Å². The van der Waals surface area contributed by atoms with Crippen molar-refractivity contribution in [2.45, 2.75) is 13.0 Å². The topological polar surface area (TPSA) is 63.2 Å². The van der Waals surface area contributed by atoms with Crippen LogP contribution in [0, 0.1) is 0 Å². The second kappa shape index (κ2) is 7.52. The number of pyridine rings is 2. The van der Waals surface area contributed by atoms with E-state index in [1.807, 2.05) is 61.1 Å². The summed E-state index contributed by atoms with van der Waals surface area (Å²) in [5.41, 5.74) is 8.33. The molecule has 1 N–H and O–H groups in total. The number of ether oxygens (including phenoxy) is 1. The molecule has 3 aromatic carbocycles. The van der Waals surface area contributed by atoms with Gasteiger partial charge in [0.15, 0.2) is 0 Å². The van der Waals surface area contributed by atoms with Crippen molar-refractivity contribution in [3.63, 3.8) is 0 Å². The molecule has 1 aliphatic rings. The number of hydrogen-bond donors (Lipinski definition) is 1. The normalized spacial score (nSPS) is 12.9. The molecule has 6 aromatic rings. The number of fused-ring (bicyclic) bond motifs is 7. The summed E-state index contributed by atoms with van der Waals surface area (Å²) in [5, 5.41) is 3.28. The largest absolute Gasteiger partial charge is 0.487 e. The van der Waals surface area contributed by atoms with Crippen LogP contribution in [0.3, 0.4) is 0 Å². The van der Waals surface area contributed by atoms with Gasteiger partial charge in [-0.2, -0.15) is 0 Å². The highest BCUT2D eigenvalue weighted by Crippen LogP contribution is 2.42. The molecule has 5 nitrogen and oxygen atoms in total. The van der Waals surface area contributed by atoms with Gasteiger partial charge in [0.2, 0.25) is 0 Å². The molecular weight excluding hydrogens is 420 g/mol. The zero-order valence-electron chi connectivity index (χ0n) is 18.3. The summed E-state index contributed by atoms with van der Waals surface area (Å²) in [6.07, 6.45) is 6.45. The van der Waals surface area contributed by atoms with Crippen LogP contribution in [0.25, 0.3) is 32.7 Å². The van der Waals surface area contributed by atoms with E-state index in [9.17, 15) is 0 Å². The molecule has 0 aliphatic carbocycles. The van der Waals surface area contributed by atoms with Gasteiger partial charge in [0, 0.05) is 46.7 Å². The molecule has 0 bridgehead atoms. The standard InChI is InChI=1S/C29H20N4O/c1-2-7-18(8-3-1)17-34-25-12-4-9-20-23(16-32-27(20)25)24-15-22-19-10-5-13-30-28(19)29-21(26(22)33-24)11-6-14-31-29/h1-14,16,32H,15,17H2. The van der Waals surface area contributed by atoms with E-state index in [4.69, 9.17) is 9.73 Å². The number of aromatic amines is 1. The second-order valence-electron chi connectivity index (χ2n) is 8.52. The summed E-state index contributed by atoms with van der Waals surface area (Å²) < 4.78 is 6.17. The lowest BCUT2D eigenvalue weighted by molar-refractivity contribution is 0.309. The Morgan fingerprint density at radius 3 is 2.38 bits per heavy atom. The summed E-state index contributed by atoms with van der Waals surface area (Å²) in [6.45, 7) is 0.526. The molecule has 3 aromatic heterocycles. The fourth-order valence-electron chi connectivity index (χ4n) is 4.94. The van der Waals surface area contributed by atoms with Crippen LogP contribution in [0.1, 0.15) is 16.7 Å². The monoisotopic (exact) mass is 440 g/mol. The molecule has 1 aliphatic heterocycles. The molecule has 0 saturated carbocycles. The van der Waals surface area contributed by atoms with Gasteiger partial charge in [-0.05, 0) is 35.4 Å². The average Bonchev–Trinajstić information content (AvgIpc) is 3.53. The maximum absolute atomic E-state index is 6.17. The Morgan fingerprint density at radius 1 is 0.765 bits per heavy atom. The minimum Gasteiger partial charge on any atom is -0.487 e. The van der Waals surface area contributed by atoms with E-state index in [0.717, 1.165) is 67.4 Å². The molecule has 0 amide bonds. The van der Waals surface area contributed by atoms with Gasteiger partial charge in [0.05, 0.1) is 27.9 Å². The van der Waals surface area contributed by atoms with Crippen molar-refractivity contribution in [2.24, 2.45) is 4.99 Å². The molecule has 5 heteroatoms. The van der Waals surface area contributed by atoms with Crippen molar-refractivity contribution in [3.8, 4) is 5.75 Å². The molecular formula is C29H20N4O. The summed E-state index contributed by atoms with van der Waals surface area (Å²) in [6, 6.07) is 24.6. The van der Waals surface area contributed by atoms with Gasteiger partial charge in [-0.1, -0.05) is 48.5 Å². The zero-order chi connectivity index (χ0) is 22.5. The van der Waals surface area contributed by atoms with Gasteiger partial charge in [-0.25, -0.2) is 0 Å². The van der Waals surface area contributed by atoms with Crippen LogP contribution in [-0.4, -0.2) is 20.7 Å². The number of benzene rings is 3. The molecule has 0 atom stereocenters. The van der Waals surface area contributed by atoms with Crippen LogP contribution in [0.2, 0.25) is 0 Å². The highest BCUT2D eigenvalue weighted by molar-refractivity contribution is 6.21. The molecule has 4 heterocycles. The minimum atomic E-state index is 0.526. The Bertz CT molecular complexity index is 1730. The van der Waals surface area contributed by atoms with Gasteiger partial charge in [-0.3, -0.25) is 15.0 Å². The van der Waals surface area contributed by atoms with E-state index in [1.54, 1.807) is 0 Å². The van der Waals surface area contributed by atoms with Crippen LogP contribution in [0.4, 0.5) is 5.69 Å². The lowest BCUT2D eigenvalue weighted by Gasteiger charge is -2.08. The zero-order valence-corrected chi connectivity index (χ0v) is 18.3. The number of nitrogens with one attached hydrogen (secondary N) is 1. The quantitative estimate of drug-likeness (QED) is 0.317. The smallest absolute Gasteiger partial charge is 0.143 e. The number of hydrogen-bond acceptors (Lipinski definition) is 4. The lowest BCUT2D eigenvalue weighted by atomic mass is 9.98. The van der Waals surface area contributed by atoms with E-state index >= 15 is 0 Å². The van der Waals surface area contributed by atoms with E-state index in [2.05, 4.69) is 45.3 Å². The van der Waals surface area contributed by atoms with E-state index in [0.29, 0.717) is 6.61 Å². The first-order valence-electron chi connectivity index (χ1n) is 11.4. The highest BCUT2D eigenvalue weighted by atomic mass is 16.5. The third-order valence-corrected chi connectivity index (χ3v) is 6.52. The molecule has 0 fully saturated rings. The van der Waals surface area contributed by atoms with Crippen molar-refractivity contribution >= 4 is 44.1 Å². The number of para-hydroxylation sites is 1. The van der Waals surface area contributed by atoms with Gasteiger partial charge in [0.1, 0.15) is 12.4 Å². The summed E-state index contributed by atoms with van der Waals surface area (Å²) in [5.74, 6) is 0.841. The first-order chi connectivity index (χ1) is 16.9. The third kappa shape index (κ3) is 2.90. The Morgan fingerprint density at radius 2 is 1.53 bits per heavy atom. The fraction of sp³-hybridized carbons (Fsp3) is 0.0690. The van der Waals surface area contributed by atoms with Gasteiger partial charge >= 0.3 is 0 Å². The SMILES string of the molecule is c1ccc(COc2cccc3c(C4=Nc5c(c6cccnc6c6ncccc56)C4)c[nH]c23)cc1. The minimum absolute atomic E-state index is 0.526. The first kappa shape index (κ1) is 19.0. The predicted octanol–water partition coefficient (Wildman–Crippen LogP) is 6.52. The van der Waals surface area contributed by atoms with Crippen LogP contribution >= 0.6 is 0 Å². The molecule has 0 spiro atoms. The molecule has 0 saturated heterocycles. The lowest BCUT2D eigenvalue weighted by Crippen LogP contribution is -2.00. The maximum atomic E-state index is 6.17. The van der Waals surface area contributed by atoms with Gasteiger partial charge in [-0.15, -0.1) is 0 Å². The number of aliphatic imine (C=N–C) groups is 1. The van der Waals surface area contributed by atoms with Crippen LogP contribution in [-0.2, 0) is 13.0 Å². The van der Waals surface area contributed by atoms with Crippen LogP contribution in [0.15, 0.2) is 96.4 Å². The molecule has 0 radical (unpaired) electrons. The van der Waals surface area contributed by atoms with Crippen molar-refractivity contribution in [2.75, 3.05) is 0 Å². The fourth-order valence-corrected chi connectivity index (χ4v) is 4.94. The number of rotatable bonds is 4. The van der Waals surface area contributed by atoms with Crippen LogP contribution < -0.4 is 4.74 Å². The van der Waals surface area contributed by atoms with Crippen molar-refractivity contribution in [3.05, 3.63) is 108 Å². The highest BCUT2D eigenvalue weighted by Gasteiger charge is 2.25.